The first-order valence-electron chi connectivity index (χ1n) is 2.45. The Hall–Kier alpha value is -0.0400. The highest BCUT2D eigenvalue weighted by atomic mass is 35.5. The van der Waals surface area contributed by atoms with Gasteiger partial charge in [-0.25, -0.2) is 0 Å². The van der Waals surface area contributed by atoms with Crippen LogP contribution < -0.4 is 0 Å². The molecule has 0 fully saturated rings. The van der Waals surface area contributed by atoms with E-state index in [1.807, 2.05) is 20.8 Å². The van der Waals surface area contributed by atoms with Gasteiger partial charge in [-0.1, -0.05) is 20.8 Å². The Morgan fingerprint density at radius 3 is 1.38 bits per heavy atom. The van der Waals surface area contributed by atoms with Gasteiger partial charge < -0.3 is 0 Å². The molecule has 0 N–H and O–H groups in total. The van der Waals surface area contributed by atoms with Crippen LogP contribution in [0.1, 0.15) is 27.7 Å². The summed E-state index contributed by atoms with van der Waals surface area (Å²) in [6, 6.07) is 0. The highest BCUT2D eigenvalue weighted by Crippen LogP contribution is 2.12. The Kier molecular flexibility index (Phi) is 4.18. The molecule has 0 aliphatic heterocycles. The molecular formula is C6H13ClO. The van der Waals surface area contributed by atoms with Crippen LogP contribution in [0.3, 0.4) is 0 Å². The lowest BCUT2D eigenvalue weighted by Gasteiger charge is -2.11. The number of halogens is 1. The molecule has 50 valence electrons. The molecular weight excluding hydrogens is 124 g/mol. The summed E-state index contributed by atoms with van der Waals surface area (Å²) in [5.41, 5.74) is -0.139. The van der Waals surface area contributed by atoms with Crippen molar-refractivity contribution >= 4 is 18.2 Å². The lowest BCUT2D eigenvalue weighted by Crippen LogP contribution is -2.15. The van der Waals surface area contributed by atoms with Crippen molar-refractivity contribution in [2.24, 2.45) is 5.41 Å². The van der Waals surface area contributed by atoms with Crippen LogP contribution >= 0.6 is 12.4 Å². The molecule has 0 radical (unpaired) electrons. The zero-order chi connectivity index (χ0) is 6.08. The molecule has 2 heteroatoms. The van der Waals surface area contributed by atoms with Crippen LogP contribution in [0.5, 0.6) is 0 Å². The molecule has 0 amide bonds. The molecule has 1 nitrogen and oxygen atoms in total. The first kappa shape index (κ1) is 10.9. The van der Waals surface area contributed by atoms with E-state index >= 15 is 0 Å². The molecule has 0 aliphatic carbocycles. The van der Waals surface area contributed by atoms with Gasteiger partial charge in [-0.05, 0) is 6.92 Å². The minimum absolute atomic E-state index is 0. The standard InChI is InChI=1S/C6H12O.ClH/c1-5(7)6(2,3)4;/h1-4H3;1H. The molecule has 0 unspecified atom stereocenters. The van der Waals surface area contributed by atoms with E-state index in [4.69, 9.17) is 0 Å². The second-order valence-electron chi connectivity index (χ2n) is 2.81. The normalized spacial score (nSPS) is 10.0. The number of carbonyl (C=O) groups excluding carboxylic acids is 1. The number of carbonyl (C=O) groups is 1. The highest BCUT2D eigenvalue weighted by molar-refractivity contribution is 5.85. The van der Waals surface area contributed by atoms with E-state index in [1.54, 1.807) is 6.92 Å². The Morgan fingerprint density at radius 2 is 1.38 bits per heavy atom. The van der Waals surface area contributed by atoms with Crippen molar-refractivity contribution in [2.45, 2.75) is 27.7 Å². The number of hydrogen-bond donors (Lipinski definition) is 0. The fourth-order valence-electron chi connectivity index (χ4n) is 0. The average molecular weight is 137 g/mol. The summed E-state index contributed by atoms with van der Waals surface area (Å²) in [7, 11) is 0. The topological polar surface area (TPSA) is 17.1 Å². The second kappa shape index (κ2) is 3.08. The van der Waals surface area contributed by atoms with Crippen LogP contribution in [0.25, 0.3) is 0 Å². The van der Waals surface area contributed by atoms with Gasteiger partial charge in [-0.3, -0.25) is 4.79 Å². The molecule has 8 heavy (non-hydrogen) atoms. The van der Waals surface area contributed by atoms with E-state index in [0.29, 0.717) is 0 Å². The zero-order valence-corrected chi connectivity index (χ0v) is 6.63. The van der Waals surface area contributed by atoms with Gasteiger partial charge in [0.15, 0.2) is 0 Å². The van der Waals surface area contributed by atoms with Gasteiger partial charge in [0.05, 0.1) is 0 Å². The highest BCUT2D eigenvalue weighted by Gasteiger charge is 2.14. The molecule has 0 saturated heterocycles. The van der Waals surface area contributed by atoms with Crippen molar-refractivity contribution in [1.29, 1.82) is 0 Å². The summed E-state index contributed by atoms with van der Waals surface area (Å²) in [4.78, 5) is 10.5. The van der Waals surface area contributed by atoms with E-state index in [2.05, 4.69) is 0 Å². The van der Waals surface area contributed by atoms with Crippen LogP contribution in [0, 0.1) is 5.41 Å². The number of Topliss-reactive ketones (excluding diaryl/α,β-unsaturated/α-hetero) is 1. The van der Waals surface area contributed by atoms with E-state index in [-0.39, 0.29) is 23.6 Å². The van der Waals surface area contributed by atoms with Crippen molar-refractivity contribution in [3.8, 4) is 0 Å². The van der Waals surface area contributed by atoms with Gasteiger partial charge in [0.25, 0.3) is 0 Å². The summed E-state index contributed by atoms with van der Waals surface area (Å²) in [6.45, 7) is 7.35. The molecule has 0 aromatic rings. The van der Waals surface area contributed by atoms with Crippen LogP contribution in [-0.4, -0.2) is 5.78 Å². The van der Waals surface area contributed by atoms with Crippen molar-refractivity contribution in [3.63, 3.8) is 0 Å². The lowest BCUT2D eigenvalue weighted by atomic mass is 9.92. The first-order valence-corrected chi connectivity index (χ1v) is 2.45. The van der Waals surface area contributed by atoms with Gasteiger partial charge in [-0.15, -0.1) is 12.4 Å². The fourth-order valence-corrected chi connectivity index (χ4v) is 0. The summed E-state index contributed by atoms with van der Waals surface area (Å²) in [5, 5.41) is 0. The number of hydrogen-bond acceptors (Lipinski definition) is 1. The first-order chi connectivity index (χ1) is 2.94. The summed E-state index contributed by atoms with van der Waals surface area (Å²) in [6.07, 6.45) is 0. The van der Waals surface area contributed by atoms with Crippen LogP contribution in [-0.2, 0) is 4.79 Å². The molecule has 0 aliphatic rings. The second-order valence-corrected chi connectivity index (χ2v) is 2.81. The van der Waals surface area contributed by atoms with Gasteiger partial charge in [0.1, 0.15) is 5.78 Å². The van der Waals surface area contributed by atoms with E-state index in [9.17, 15) is 4.79 Å². The van der Waals surface area contributed by atoms with E-state index in [1.165, 1.54) is 0 Å². The van der Waals surface area contributed by atoms with Gasteiger partial charge >= 0.3 is 0 Å². The Balaban J connectivity index is 0. The molecule has 0 spiro atoms. The minimum Gasteiger partial charge on any atom is -0.299 e. The third-order valence-electron chi connectivity index (χ3n) is 1.06. The third-order valence-corrected chi connectivity index (χ3v) is 1.06. The fraction of sp³-hybridized carbons (Fsp3) is 0.833. The molecule has 0 aromatic carbocycles. The summed E-state index contributed by atoms with van der Waals surface area (Å²) >= 11 is 0. The molecule has 0 heterocycles. The summed E-state index contributed by atoms with van der Waals surface area (Å²) in [5.74, 6) is 0.243. The Labute approximate surface area is 56.9 Å². The third kappa shape index (κ3) is 4.13. The quantitative estimate of drug-likeness (QED) is 0.498. The number of ketones is 1. The maximum absolute atomic E-state index is 10.5. The predicted octanol–water partition coefficient (Wildman–Crippen LogP) is 2.04. The average Bonchev–Trinajstić information content (AvgIpc) is 1.31. The maximum atomic E-state index is 10.5. The van der Waals surface area contributed by atoms with Gasteiger partial charge in [0.2, 0.25) is 0 Å². The van der Waals surface area contributed by atoms with Crippen molar-refractivity contribution in [3.05, 3.63) is 0 Å². The molecule has 0 rings (SSSR count). The maximum Gasteiger partial charge on any atom is 0.135 e. The molecule has 0 saturated carbocycles. The largest absolute Gasteiger partial charge is 0.299 e. The van der Waals surface area contributed by atoms with E-state index < -0.39 is 0 Å². The van der Waals surface area contributed by atoms with Crippen LogP contribution in [0.4, 0.5) is 0 Å². The van der Waals surface area contributed by atoms with Crippen LogP contribution in [0.2, 0.25) is 0 Å². The number of rotatable bonds is 0. The monoisotopic (exact) mass is 136 g/mol. The van der Waals surface area contributed by atoms with Crippen LogP contribution in [0.15, 0.2) is 0 Å². The smallest absolute Gasteiger partial charge is 0.135 e. The molecule has 0 bridgehead atoms. The predicted molar refractivity (Wildman–Crippen MR) is 37.4 cm³/mol. The zero-order valence-electron chi connectivity index (χ0n) is 5.82. The van der Waals surface area contributed by atoms with Crippen molar-refractivity contribution < 1.29 is 4.79 Å². The SMILES string of the molecule is CC(=O)C(C)(C)C.Cl. The Morgan fingerprint density at radius 1 is 1.25 bits per heavy atom. The lowest BCUT2D eigenvalue weighted by molar-refractivity contribution is -0.124. The van der Waals surface area contributed by atoms with Crippen molar-refractivity contribution in [2.75, 3.05) is 0 Å². The Bertz CT molecular complexity index is 81.0. The summed E-state index contributed by atoms with van der Waals surface area (Å²) < 4.78 is 0. The van der Waals surface area contributed by atoms with Gasteiger partial charge in [-0.2, -0.15) is 0 Å². The minimum atomic E-state index is -0.139. The van der Waals surface area contributed by atoms with Gasteiger partial charge in [0, 0.05) is 5.41 Å². The van der Waals surface area contributed by atoms with Crippen molar-refractivity contribution in [1.82, 2.24) is 0 Å². The molecule has 0 atom stereocenters. The molecule has 0 aromatic heterocycles. The van der Waals surface area contributed by atoms with E-state index in [0.717, 1.165) is 0 Å².